The van der Waals surface area contributed by atoms with Gasteiger partial charge in [0.2, 0.25) is 0 Å². The number of hydrogen-bond acceptors (Lipinski definition) is 5. The third-order valence-corrected chi connectivity index (χ3v) is 5.64. The predicted octanol–water partition coefficient (Wildman–Crippen LogP) is 3.31. The third kappa shape index (κ3) is 11.9. The van der Waals surface area contributed by atoms with Gasteiger partial charge >= 0.3 is 6.09 Å². The third-order valence-electron chi connectivity index (χ3n) is 5.64. The fraction of sp³-hybridized carbons (Fsp3) is 0.913. The van der Waals surface area contributed by atoms with Crippen LogP contribution in [0.1, 0.15) is 59.8 Å². The average molecular weight is 568 g/mol. The molecule has 0 bridgehead atoms. The molecule has 9 heteroatoms. The van der Waals surface area contributed by atoms with Gasteiger partial charge in [0.25, 0.3) is 0 Å². The van der Waals surface area contributed by atoms with Gasteiger partial charge in [-0.3, -0.25) is 4.99 Å². The topological polar surface area (TPSA) is 78.4 Å². The van der Waals surface area contributed by atoms with Crippen molar-refractivity contribution in [2.24, 2.45) is 10.9 Å². The van der Waals surface area contributed by atoms with E-state index in [4.69, 9.17) is 14.5 Å². The first kappa shape index (κ1) is 29.2. The maximum atomic E-state index is 11.6. The number of ether oxygens (including phenoxy) is 2. The number of alkyl carbamates (subject to hydrolysis) is 1. The second-order valence-electron chi connectivity index (χ2n) is 9.80. The van der Waals surface area contributed by atoms with Crippen LogP contribution in [0.5, 0.6) is 0 Å². The van der Waals surface area contributed by atoms with E-state index in [-0.39, 0.29) is 36.2 Å². The largest absolute Gasteiger partial charge is 0.444 e. The average Bonchev–Trinajstić information content (AvgIpc) is 2.70. The molecule has 2 rings (SSSR count). The molecule has 188 valence electrons. The van der Waals surface area contributed by atoms with E-state index < -0.39 is 5.60 Å². The Balaban J connectivity index is 0.00000512. The second kappa shape index (κ2) is 15.2. The van der Waals surface area contributed by atoms with Crippen LogP contribution in [0.4, 0.5) is 4.79 Å². The summed E-state index contributed by atoms with van der Waals surface area (Å²) in [6, 6.07) is 0. The van der Waals surface area contributed by atoms with Gasteiger partial charge in [-0.15, -0.1) is 24.0 Å². The van der Waals surface area contributed by atoms with Crippen LogP contribution in [-0.4, -0.2) is 93.0 Å². The summed E-state index contributed by atoms with van der Waals surface area (Å²) in [6.45, 7) is 15.1. The first-order chi connectivity index (χ1) is 14.8. The zero-order valence-corrected chi connectivity index (χ0v) is 23.2. The highest BCUT2D eigenvalue weighted by Crippen LogP contribution is 2.17. The number of guanidine groups is 1. The SMILES string of the molecule is CCNC(=NCC1CCCN(C)C1)N1CCC(OCCCNC(=O)OC(C)(C)C)CC1.I. The predicted molar refractivity (Wildman–Crippen MR) is 141 cm³/mol. The Morgan fingerprint density at radius 3 is 2.47 bits per heavy atom. The fourth-order valence-corrected chi connectivity index (χ4v) is 4.12. The number of carbonyl (C=O) groups excluding carboxylic acids is 1. The molecular weight excluding hydrogens is 521 g/mol. The molecular formula is C23H46IN5O3. The van der Waals surface area contributed by atoms with Crippen molar-refractivity contribution in [1.29, 1.82) is 0 Å². The van der Waals surface area contributed by atoms with Crippen molar-refractivity contribution in [2.75, 3.05) is 59.5 Å². The van der Waals surface area contributed by atoms with Crippen molar-refractivity contribution in [3.05, 3.63) is 0 Å². The Labute approximate surface area is 212 Å². The van der Waals surface area contributed by atoms with Gasteiger partial charge in [-0.1, -0.05) is 0 Å². The van der Waals surface area contributed by atoms with Crippen molar-refractivity contribution in [2.45, 2.75) is 71.5 Å². The van der Waals surface area contributed by atoms with Gasteiger partial charge in [-0.25, -0.2) is 4.79 Å². The van der Waals surface area contributed by atoms with E-state index >= 15 is 0 Å². The summed E-state index contributed by atoms with van der Waals surface area (Å²) in [4.78, 5) is 21.4. The lowest BCUT2D eigenvalue weighted by Crippen LogP contribution is -2.47. The summed E-state index contributed by atoms with van der Waals surface area (Å²) in [6.07, 6.45) is 5.30. The molecule has 8 nitrogen and oxygen atoms in total. The van der Waals surface area contributed by atoms with Gasteiger partial charge in [-0.05, 0) is 79.3 Å². The monoisotopic (exact) mass is 567 g/mol. The highest BCUT2D eigenvalue weighted by molar-refractivity contribution is 14.0. The molecule has 1 atom stereocenters. The lowest BCUT2D eigenvalue weighted by atomic mass is 9.99. The minimum atomic E-state index is -0.462. The Morgan fingerprint density at radius 2 is 1.84 bits per heavy atom. The van der Waals surface area contributed by atoms with Crippen molar-refractivity contribution < 1.29 is 14.3 Å². The second-order valence-corrected chi connectivity index (χ2v) is 9.80. The number of nitrogens with zero attached hydrogens (tertiary/aromatic N) is 3. The molecule has 2 aliphatic heterocycles. The molecule has 0 aromatic heterocycles. The molecule has 2 aliphatic rings. The summed E-state index contributed by atoms with van der Waals surface area (Å²) in [5.41, 5.74) is -0.462. The number of likely N-dealkylation sites (tertiary alicyclic amines) is 2. The van der Waals surface area contributed by atoms with Crippen LogP contribution < -0.4 is 10.6 Å². The fourth-order valence-electron chi connectivity index (χ4n) is 4.12. The lowest BCUT2D eigenvalue weighted by Gasteiger charge is -2.35. The van der Waals surface area contributed by atoms with Gasteiger partial charge in [0.15, 0.2) is 5.96 Å². The van der Waals surface area contributed by atoms with Crippen LogP contribution >= 0.6 is 24.0 Å². The zero-order valence-electron chi connectivity index (χ0n) is 20.8. The maximum Gasteiger partial charge on any atom is 0.407 e. The number of halogens is 1. The van der Waals surface area contributed by atoms with Crippen molar-refractivity contribution in [1.82, 2.24) is 20.4 Å². The first-order valence-electron chi connectivity index (χ1n) is 12.1. The van der Waals surface area contributed by atoms with Crippen LogP contribution in [0.25, 0.3) is 0 Å². The molecule has 2 fully saturated rings. The van der Waals surface area contributed by atoms with Crippen LogP contribution in [0, 0.1) is 5.92 Å². The maximum absolute atomic E-state index is 11.6. The summed E-state index contributed by atoms with van der Waals surface area (Å²) < 4.78 is 11.3. The Morgan fingerprint density at radius 1 is 1.12 bits per heavy atom. The molecule has 0 spiro atoms. The van der Waals surface area contributed by atoms with E-state index in [1.807, 2.05) is 20.8 Å². The van der Waals surface area contributed by atoms with E-state index in [2.05, 4.69) is 34.4 Å². The van der Waals surface area contributed by atoms with Crippen molar-refractivity contribution >= 4 is 36.0 Å². The van der Waals surface area contributed by atoms with Crippen molar-refractivity contribution in [3.63, 3.8) is 0 Å². The summed E-state index contributed by atoms with van der Waals surface area (Å²) >= 11 is 0. The lowest BCUT2D eigenvalue weighted by molar-refractivity contribution is 0.0170. The van der Waals surface area contributed by atoms with E-state index in [0.29, 0.717) is 19.1 Å². The molecule has 0 aromatic rings. The minimum Gasteiger partial charge on any atom is -0.444 e. The number of aliphatic imine (C=N–C) groups is 1. The molecule has 0 aromatic carbocycles. The van der Waals surface area contributed by atoms with Crippen LogP contribution in [0.3, 0.4) is 0 Å². The molecule has 2 saturated heterocycles. The minimum absolute atomic E-state index is 0. The Kier molecular flexibility index (Phi) is 13.8. The first-order valence-corrected chi connectivity index (χ1v) is 12.1. The molecule has 1 amide bonds. The molecule has 0 saturated carbocycles. The van der Waals surface area contributed by atoms with E-state index in [9.17, 15) is 4.79 Å². The summed E-state index contributed by atoms with van der Waals surface area (Å²) in [5.74, 6) is 1.72. The highest BCUT2D eigenvalue weighted by Gasteiger charge is 2.23. The normalized spacial score (nSPS) is 21.1. The molecule has 0 radical (unpaired) electrons. The number of carbonyl (C=O) groups is 1. The molecule has 2 N–H and O–H groups in total. The molecule has 1 unspecified atom stereocenters. The quantitative estimate of drug-likeness (QED) is 0.203. The molecule has 2 heterocycles. The number of amides is 1. The van der Waals surface area contributed by atoms with E-state index in [1.54, 1.807) is 0 Å². The van der Waals surface area contributed by atoms with Gasteiger partial charge in [0.05, 0.1) is 6.10 Å². The van der Waals surface area contributed by atoms with E-state index in [0.717, 1.165) is 57.9 Å². The number of piperidine rings is 2. The Bertz CT molecular complexity index is 562. The van der Waals surface area contributed by atoms with Gasteiger partial charge in [0, 0.05) is 45.9 Å². The smallest absolute Gasteiger partial charge is 0.407 e. The standard InChI is InChI=1S/C23H45N5O3.HI/c1-6-24-21(26-17-19-9-7-13-27(5)18-19)28-14-10-20(11-15-28)30-16-8-12-25-22(29)31-23(2,3)4;/h19-20H,6-18H2,1-5H3,(H,24,26)(H,25,29);1H. The van der Waals surface area contributed by atoms with Crippen LogP contribution in [0.15, 0.2) is 4.99 Å². The van der Waals surface area contributed by atoms with Crippen LogP contribution in [-0.2, 0) is 9.47 Å². The number of hydrogen-bond donors (Lipinski definition) is 2. The van der Waals surface area contributed by atoms with E-state index in [1.165, 1.54) is 19.4 Å². The highest BCUT2D eigenvalue weighted by atomic mass is 127. The van der Waals surface area contributed by atoms with Crippen LogP contribution in [0.2, 0.25) is 0 Å². The molecule has 32 heavy (non-hydrogen) atoms. The summed E-state index contributed by atoms with van der Waals surface area (Å²) in [7, 11) is 2.21. The van der Waals surface area contributed by atoms with Gasteiger partial charge < -0.3 is 29.9 Å². The van der Waals surface area contributed by atoms with Gasteiger partial charge in [-0.2, -0.15) is 0 Å². The summed E-state index contributed by atoms with van der Waals surface area (Å²) in [5, 5.41) is 6.25. The van der Waals surface area contributed by atoms with Crippen molar-refractivity contribution in [3.8, 4) is 0 Å². The molecule has 0 aliphatic carbocycles. The number of nitrogens with one attached hydrogen (secondary N) is 2. The number of rotatable bonds is 8. The zero-order chi connectivity index (χ0) is 22.7. The van der Waals surface area contributed by atoms with Gasteiger partial charge in [0.1, 0.15) is 5.60 Å². The Hall–Kier alpha value is -0.810.